The van der Waals surface area contributed by atoms with Crippen molar-refractivity contribution < 1.29 is 4.79 Å². The van der Waals surface area contributed by atoms with Gasteiger partial charge in [0.25, 0.3) is 0 Å². The summed E-state index contributed by atoms with van der Waals surface area (Å²) in [6.07, 6.45) is 1.89. The molecule has 3 rings (SSSR count). The van der Waals surface area contributed by atoms with Crippen molar-refractivity contribution >= 4 is 34.3 Å². The van der Waals surface area contributed by atoms with Crippen LogP contribution in [0.2, 0.25) is 0 Å². The summed E-state index contributed by atoms with van der Waals surface area (Å²) in [4.78, 5) is 15.0. The maximum absolute atomic E-state index is 11.9. The van der Waals surface area contributed by atoms with Gasteiger partial charge in [-0.25, -0.2) is 0 Å². The van der Waals surface area contributed by atoms with Gasteiger partial charge in [0.15, 0.2) is 0 Å². The Kier molecular flexibility index (Phi) is 2.78. The topological polar surface area (TPSA) is 56.9 Å². The molecule has 0 bridgehead atoms. The van der Waals surface area contributed by atoms with E-state index >= 15 is 0 Å². The Hall–Kier alpha value is -1.46. The highest BCUT2D eigenvalue weighted by atomic mass is 32.2. The fraction of sp³-hybridized carbons (Fsp3) is 0.250. The minimum Gasteiger partial charge on any atom is -0.361 e. The number of aromatic amines is 1. The van der Waals surface area contributed by atoms with E-state index in [0.29, 0.717) is 0 Å². The van der Waals surface area contributed by atoms with E-state index in [1.54, 1.807) is 11.8 Å². The molecule has 4 nitrogen and oxygen atoms in total. The molecular weight excluding hydrogens is 234 g/mol. The van der Waals surface area contributed by atoms with Crippen LogP contribution in [0.3, 0.4) is 0 Å². The van der Waals surface area contributed by atoms with Gasteiger partial charge in [-0.05, 0) is 24.3 Å². The molecule has 1 amide bonds. The Morgan fingerprint density at radius 2 is 2.35 bits per heavy atom. The van der Waals surface area contributed by atoms with Crippen LogP contribution in [0.1, 0.15) is 0 Å². The third kappa shape index (κ3) is 2.16. The van der Waals surface area contributed by atoms with Crippen molar-refractivity contribution in [3.63, 3.8) is 0 Å². The second-order valence-electron chi connectivity index (χ2n) is 4.04. The van der Waals surface area contributed by atoms with Gasteiger partial charge in [0, 0.05) is 34.4 Å². The zero-order chi connectivity index (χ0) is 11.7. The maximum Gasteiger partial charge on any atom is 0.242 e. The molecule has 2 aromatic rings. The fourth-order valence-electron chi connectivity index (χ4n) is 1.92. The average Bonchev–Trinajstić information content (AvgIpc) is 2.99. The first-order valence-corrected chi connectivity index (χ1v) is 6.67. The zero-order valence-corrected chi connectivity index (χ0v) is 10.0. The van der Waals surface area contributed by atoms with Gasteiger partial charge in [0.2, 0.25) is 5.91 Å². The van der Waals surface area contributed by atoms with Crippen LogP contribution in [0.5, 0.6) is 0 Å². The molecule has 1 aromatic carbocycles. The van der Waals surface area contributed by atoms with E-state index in [4.69, 9.17) is 0 Å². The number of hydrogen-bond acceptors (Lipinski definition) is 3. The largest absolute Gasteiger partial charge is 0.361 e. The summed E-state index contributed by atoms with van der Waals surface area (Å²) in [5.41, 5.74) is 1.93. The smallest absolute Gasteiger partial charge is 0.242 e. The molecule has 1 atom stereocenters. The first kappa shape index (κ1) is 10.7. The highest BCUT2D eigenvalue weighted by Gasteiger charge is 2.22. The lowest BCUT2D eigenvalue weighted by Crippen LogP contribution is -2.37. The third-order valence-corrected chi connectivity index (χ3v) is 3.79. The number of fused-ring (bicyclic) bond motifs is 1. The highest BCUT2D eigenvalue weighted by Crippen LogP contribution is 2.18. The molecule has 0 radical (unpaired) electrons. The zero-order valence-electron chi connectivity index (χ0n) is 9.19. The average molecular weight is 247 g/mol. The van der Waals surface area contributed by atoms with Crippen molar-refractivity contribution in [3.8, 4) is 0 Å². The predicted octanol–water partition coefficient (Wildman–Crippen LogP) is 1.77. The van der Waals surface area contributed by atoms with E-state index < -0.39 is 0 Å². The number of H-pyrrole nitrogens is 1. The number of nitrogens with one attached hydrogen (secondary N) is 3. The van der Waals surface area contributed by atoms with E-state index in [-0.39, 0.29) is 11.9 Å². The molecule has 1 saturated heterocycles. The molecule has 0 aliphatic carbocycles. The molecule has 1 unspecified atom stereocenters. The second-order valence-corrected chi connectivity index (χ2v) is 5.07. The Bertz CT molecular complexity index is 545. The summed E-state index contributed by atoms with van der Waals surface area (Å²) in [7, 11) is 0. The van der Waals surface area contributed by atoms with Crippen molar-refractivity contribution in [2.24, 2.45) is 0 Å². The van der Waals surface area contributed by atoms with Crippen LogP contribution in [0.15, 0.2) is 30.5 Å². The lowest BCUT2D eigenvalue weighted by molar-refractivity contribution is -0.117. The van der Waals surface area contributed by atoms with Gasteiger partial charge in [0.05, 0.1) is 6.04 Å². The summed E-state index contributed by atoms with van der Waals surface area (Å²) >= 11 is 1.75. The van der Waals surface area contributed by atoms with Crippen molar-refractivity contribution in [2.75, 3.05) is 16.9 Å². The Labute approximate surface area is 103 Å². The van der Waals surface area contributed by atoms with Gasteiger partial charge in [-0.2, -0.15) is 0 Å². The molecule has 0 spiro atoms. The van der Waals surface area contributed by atoms with E-state index in [1.165, 1.54) is 0 Å². The van der Waals surface area contributed by atoms with Gasteiger partial charge in [-0.1, -0.05) is 0 Å². The van der Waals surface area contributed by atoms with Gasteiger partial charge in [0.1, 0.15) is 0 Å². The summed E-state index contributed by atoms with van der Waals surface area (Å²) in [5.74, 6) is 1.75. The third-order valence-electron chi connectivity index (χ3n) is 2.85. The maximum atomic E-state index is 11.9. The highest BCUT2D eigenvalue weighted by molar-refractivity contribution is 7.99. The molecule has 1 fully saturated rings. The Morgan fingerprint density at radius 1 is 1.41 bits per heavy atom. The van der Waals surface area contributed by atoms with Crippen LogP contribution in [0.25, 0.3) is 10.9 Å². The van der Waals surface area contributed by atoms with Crippen molar-refractivity contribution in [1.29, 1.82) is 0 Å². The van der Waals surface area contributed by atoms with E-state index in [0.717, 1.165) is 28.2 Å². The van der Waals surface area contributed by atoms with E-state index in [2.05, 4.69) is 15.6 Å². The van der Waals surface area contributed by atoms with Gasteiger partial charge in [-0.15, -0.1) is 11.8 Å². The lowest BCUT2D eigenvalue weighted by atomic mass is 10.2. The molecule has 17 heavy (non-hydrogen) atoms. The first-order chi connectivity index (χ1) is 8.33. The number of anilines is 1. The molecule has 1 aliphatic rings. The fourth-order valence-corrected chi connectivity index (χ4v) is 2.87. The summed E-state index contributed by atoms with van der Waals surface area (Å²) < 4.78 is 0. The number of rotatable bonds is 2. The standard InChI is InChI=1S/C12H13N3OS/c16-12(11-6-17-7-14-11)15-9-1-2-10-8(5-9)3-4-13-10/h1-5,11,13-14H,6-7H2,(H,15,16). The number of carbonyl (C=O) groups is 1. The first-order valence-electron chi connectivity index (χ1n) is 5.52. The molecule has 88 valence electrons. The van der Waals surface area contributed by atoms with Crippen LogP contribution in [0, 0.1) is 0 Å². The molecule has 2 heterocycles. The number of hydrogen-bond donors (Lipinski definition) is 3. The molecule has 1 aliphatic heterocycles. The number of amides is 1. The normalized spacial score (nSPS) is 19.6. The van der Waals surface area contributed by atoms with Crippen LogP contribution in [-0.4, -0.2) is 28.6 Å². The van der Waals surface area contributed by atoms with Crippen molar-refractivity contribution in [2.45, 2.75) is 6.04 Å². The summed E-state index contributed by atoms with van der Waals surface area (Å²) in [6, 6.07) is 7.79. The number of thioether (sulfide) groups is 1. The number of carbonyl (C=O) groups excluding carboxylic acids is 1. The van der Waals surface area contributed by atoms with E-state index in [1.807, 2.05) is 30.5 Å². The van der Waals surface area contributed by atoms with Crippen LogP contribution in [0.4, 0.5) is 5.69 Å². The Morgan fingerprint density at radius 3 is 3.18 bits per heavy atom. The summed E-state index contributed by atoms with van der Waals surface area (Å²) in [6.45, 7) is 0. The van der Waals surface area contributed by atoms with Crippen molar-refractivity contribution in [3.05, 3.63) is 30.5 Å². The predicted molar refractivity (Wildman–Crippen MR) is 71.2 cm³/mol. The monoisotopic (exact) mass is 247 g/mol. The molecule has 3 N–H and O–H groups in total. The van der Waals surface area contributed by atoms with Gasteiger partial charge < -0.3 is 10.3 Å². The molecule has 1 aromatic heterocycles. The number of aromatic nitrogens is 1. The lowest BCUT2D eigenvalue weighted by Gasteiger charge is -2.10. The van der Waals surface area contributed by atoms with Gasteiger partial charge in [-0.3, -0.25) is 10.1 Å². The summed E-state index contributed by atoms with van der Waals surface area (Å²) in [5, 5.41) is 7.20. The molecule has 0 saturated carbocycles. The Balaban J connectivity index is 1.77. The van der Waals surface area contributed by atoms with Crippen LogP contribution >= 0.6 is 11.8 Å². The SMILES string of the molecule is O=C(Nc1ccc2[nH]ccc2c1)C1CSCN1. The number of benzene rings is 1. The van der Waals surface area contributed by atoms with Crippen molar-refractivity contribution in [1.82, 2.24) is 10.3 Å². The second kappa shape index (κ2) is 4.43. The van der Waals surface area contributed by atoms with Crippen LogP contribution in [-0.2, 0) is 4.79 Å². The van der Waals surface area contributed by atoms with E-state index in [9.17, 15) is 4.79 Å². The van der Waals surface area contributed by atoms with Crippen LogP contribution < -0.4 is 10.6 Å². The quantitative estimate of drug-likeness (QED) is 0.758. The minimum absolute atomic E-state index is 0.0462. The molecular formula is C12H13N3OS. The van der Waals surface area contributed by atoms with Gasteiger partial charge >= 0.3 is 0 Å². The minimum atomic E-state index is -0.0677. The molecule has 5 heteroatoms.